The van der Waals surface area contributed by atoms with Crippen molar-refractivity contribution in [2.24, 2.45) is 0 Å². The van der Waals surface area contributed by atoms with Crippen molar-refractivity contribution in [1.82, 2.24) is 5.48 Å². The Morgan fingerprint density at radius 1 is 0.941 bits per heavy atom. The summed E-state index contributed by atoms with van der Waals surface area (Å²) in [6.45, 7) is 12.8. The van der Waals surface area contributed by atoms with Crippen LogP contribution >= 0.6 is 0 Å². The minimum absolute atomic E-state index is 0.714. The van der Waals surface area contributed by atoms with E-state index in [1.165, 1.54) is 5.56 Å². The van der Waals surface area contributed by atoms with Crippen molar-refractivity contribution in [3.8, 4) is 0 Å². The maximum Gasteiger partial charge on any atom is 0.0947 e. The first-order chi connectivity index (χ1) is 8.29. The molecule has 1 aliphatic heterocycles. The third-order valence-electron chi connectivity index (χ3n) is 1.65. The lowest BCUT2D eigenvalue weighted by Gasteiger charge is -1.89. The highest BCUT2D eigenvalue weighted by atomic mass is 16.6. The normalized spacial score (nSPS) is 11.3. The molecule has 17 heavy (non-hydrogen) atoms. The Bertz CT molecular complexity index is 268. The van der Waals surface area contributed by atoms with Crippen LogP contribution < -0.4 is 5.48 Å². The van der Waals surface area contributed by atoms with Gasteiger partial charge in [0.1, 0.15) is 0 Å². The fraction of sp³-hybridized carbons (Fsp3) is 0.467. The molecule has 2 rings (SSSR count). The number of allylic oxidation sites excluding steroid dienone is 1. The Morgan fingerprint density at radius 2 is 1.47 bits per heavy atom. The van der Waals surface area contributed by atoms with Crippen LogP contribution in [0.25, 0.3) is 0 Å². The number of hydroxylamine groups is 1. The van der Waals surface area contributed by atoms with Crippen molar-refractivity contribution in [3.63, 3.8) is 0 Å². The highest BCUT2D eigenvalue weighted by Gasteiger charge is 1.92. The van der Waals surface area contributed by atoms with Gasteiger partial charge in [0.15, 0.2) is 0 Å². The van der Waals surface area contributed by atoms with E-state index < -0.39 is 0 Å². The zero-order chi connectivity index (χ0) is 13.5. The molecule has 0 fully saturated rings. The monoisotopic (exact) mass is 237 g/mol. The van der Waals surface area contributed by atoms with Crippen molar-refractivity contribution >= 4 is 0 Å². The van der Waals surface area contributed by atoms with E-state index in [1.807, 2.05) is 58.9 Å². The zero-order valence-corrected chi connectivity index (χ0v) is 12.1. The van der Waals surface area contributed by atoms with Crippen LogP contribution in [-0.4, -0.2) is 6.61 Å². The average Bonchev–Trinajstić information content (AvgIpc) is 2.87. The summed E-state index contributed by atoms with van der Waals surface area (Å²) in [5, 5.41) is 0. The second-order valence-corrected chi connectivity index (χ2v) is 2.95. The van der Waals surface area contributed by atoms with Gasteiger partial charge in [0.05, 0.1) is 6.61 Å². The molecule has 0 aliphatic carbocycles. The molecular weight excluding hydrogens is 210 g/mol. The molecule has 0 saturated heterocycles. The smallest absolute Gasteiger partial charge is 0.0947 e. The zero-order valence-electron chi connectivity index (χ0n) is 12.1. The van der Waals surface area contributed by atoms with E-state index in [-0.39, 0.29) is 0 Å². The number of nitrogens with one attached hydrogen (secondary N) is 1. The summed E-state index contributed by atoms with van der Waals surface area (Å²) in [7, 11) is 0. The van der Waals surface area contributed by atoms with E-state index in [9.17, 15) is 0 Å². The number of hydrogen-bond acceptors (Lipinski definition) is 2. The first-order valence-electron chi connectivity index (χ1n) is 6.35. The lowest BCUT2D eigenvalue weighted by molar-refractivity contribution is 0.109. The van der Waals surface area contributed by atoms with Gasteiger partial charge in [0.25, 0.3) is 0 Å². The van der Waals surface area contributed by atoms with Crippen molar-refractivity contribution in [3.05, 3.63) is 47.7 Å². The van der Waals surface area contributed by atoms with Gasteiger partial charge >= 0.3 is 0 Å². The van der Waals surface area contributed by atoms with Gasteiger partial charge in [-0.3, -0.25) is 10.3 Å². The molecule has 0 bridgehead atoms. The predicted molar refractivity (Wildman–Crippen MR) is 76.7 cm³/mol. The highest BCUT2D eigenvalue weighted by Crippen LogP contribution is 1.92. The topological polar surface area (TPSA) is 21.3 Å². The molecular formula is C15H27NO. The minimum atomic E-state index is 0.714. The minimum Gasteiger partial charge on any atom is -0.272 e. The molecule has 98 valence electrons. The van der Waals surface area contributed by atoms with Gasteiger partial charge in [-0.2, -0.15) is 0 Å². The Labute approximate surface area is 107 Å². The van der Waals surface area contributed by atoms with Crippen LogP contribution in [0.15, 0.2) is 42.1 Å². The van der Waals surface area contributed by atoms with Gasteiger partial charge in [-0.05, 0) is 19.9 Å². The summed E-state index contributed by atoms with van der Waals surface area (Å²) in [5.41, 5.74) is 5.11. The second-order valence-electron chi connectivity index (χ2n) is 2.95. The van der Waals surface area contributed by atoms with Crippen LogP contribution in [-0.2, 0) is 4.84 Å². The van der Waals surface area contributed by atoms with Crippen molar-refractivity contribution < 1.29 is 4.84 Å². The van der Waals surface area contributed by atoms with Gasteiger partial charge in [0, 0.05) is 5.70 Å². The molecule has 1 heterocycles. The second kappa shape index (κ2) is 14.7. The number of rotatable bonds is 0. The standard InChI is InChI=1S/C7H8.C4H7NO.2C2H6/c1-7-5-3-2-4-6-7;1-4-2-3-6-5-4;2*1-2/h2-6H,1H3;2,5H,3H2,1H3;2*1-2H3. The van der Waals surface area contributed by atoms with Crippen LogP contribution in [0.1, 0.15) is 40.2 Å². The molecule has 1 aliphatic rings. The molecule has 0 amide bonds. The molecule has 1 aromatic rings. The van der Waals surface area contributed by atoms with Crippen molar-refractivity contribution in [2.75, 3.05) is 6.61 Å². The molecule has 2 heteroatoms. The summed E-state index contributed by atoms with van der Waals surface area (Å²) in [5.74, 6) is 0. The van der Waals surface area contributed by atoms with E-state index in [0.717, 1.165) is 5.70 Å². The molecule has 0 radical (unpaired) electrons. The van der Waals surface area contributed by atoms with Crippen molar-refractivity contribution in [1.29, 1.82) is 0 Å². The van der Waals surface area contributed by atoms with E-state index in [4.69, 9.17) is 4.84 Å². The van der Waals surface area contributed by atoms with Gasteiger partial charge in [-0.1, -0.05) is 63.6 Å². The van der Waals surface area contributed by atoms with Crippen LogP contribution in [0.3, 0.4) is 0 Å². The molecule has 0 atom stereocenters. The summed E-state index contributed by atoms with van der Waals surface area (Å²) >= 11 is 0. The van der Waals surface area contributed by atoms with E-state index in [0.29, 0.717) is 6.61 Å². The highest BCUT2D eigenvalue weighted by molar-refractivity contribution is 5.11. The Morgan fingerprint density at radius 3 is 1.65 bits per heavy atom. The summed E-state index contributed by atoms with van der Waals surface area (Å²) in [4.78, 5) is 4.71. The number of aryl methyl sites for hydroxylation is 1. The van der Waals surface area contributed by atoms with Crippen LogP contribution in [0.2, 0.25) is 0 Å². The molecule has 1 N–H and O–H groups in total. The first-order valence-corrected chi connectivity index (χ1v) is 6.35. The molecule has 2 nitrogen and oxygen atoms in total. The summed E-state index contributed by atoms with van der Waals surface area (Å²) < 4.78 is 0. The third-order valence-corrected chi connectivity index (χ3v) is 1.65. The van der Waals surface area contributed by atoms with Gasteiger partial charge in [0.2, 0.25) is 0 Å². The van der Waals surface area contributed by atoms with E-state index in [1.54, 1.807) is 0 Å². The van der Waals surface area contributed by atoms with Gasteiger partial charge in [-0.25, -0.2) is 0 Å². The Hall–Kier alpha value is -1.28. The number of benzene rings is 1. The van der Waals surface area contributed by atoms with Gasteiger partial charge < -0.3 is 0 Å². The van der Waals surface area contributed by atoms with Crippen LogP contribution in [0, 0.1) is 6.92 Å². The van der Waals surface area contributed by atoms with Gasteiger partial charge in [-0.15, -0.1) is 0 Å². The van der Waals surface area contributed by atoms with Crippen LogP contribution in [0.4, 0.5) is 0 Å². The fourth-order valence-corrected chi connectivity index (χ4v) is 0.898. The third kappa shape index (κ3) is 12.7. The predicted octanol–water partition coefficient (Wildman–Crippen LogP) is 4.47. The molecule has 0 unspecified atom stereocenters. The molecule has 0 aromatic heterocycles. The average molecular weight is 237 g/mol. The maximum absolute atomic E-state index is 4.71. The van der Waals surface area contributed by atoms with Crippen molar-refractivity contribution in [2.45, 2.75) is 41.5 Å². The van der Waals surface area contributed by atoms with E-state index in [2.05, 4.69) is 24.5 Å². The quantitative estimate of drug-likeness (QED) is 0.718. The fourth-order valence-electron chi connectivity index (χ4n) is 0.898. The largest absolute Gasteiger partial charge is 0.272 e. The summed E-state index contributed by atoms with van der Waals surface area (Å²) in [6, 6.07) is 10.3. The summed E-state index contributed by atoms with van der Waals surface area (Å²) in [6.07, 6.45) is 1.99. The number of hydrogen-bond donors (Lipinski definition) is 1. The van der Waals surface area contributed by atoms with Crippen LogP contribution in [0.5, 0.6) is 0 Å². The molecule has 0 spiro atoms. The maximum atomic E-state index is 4.71. The van der Waals surface area contributed by atoms with E-state index >= 15 is 0 Å². The first kappa shape index (κ1) is 18.1. The molecule has 0 saturated carbocycles. The lowest BCUT2D eigenvalue weighted by Crippen LogP contribution is -2.01. The SMILES string of the molecule is CC.CC.CC1=CCON1.Cc1ccccc1. The lowest BCUT2D eigenvalue weighted by atomic mass is 10.2. The molecule has 1 aromatic carbocycles. The Kier molecular flexibility index (Phi) is 15.7. The Balaban J connectivity index is 0.